The quantitative estimate of drug-likeness (QED) is 0.807. The third-order valence-corrected chi connectivity index (χ3v) is 4.17. The van der Waals surface area contributed by atoms with Crippen LogP contribution in [0.4, 0.5) is 4.79 Å². The molecule has 0 saturated carbocycles. The molecule has 0 N–H and O–H groups in total. The van der Waals surface area contributed by atoms with Gasteiger partial charge in [-0.3, -0.25) is 0 Å². The minimum atomic E-state index is -0.482. The summed E-state index contributed by atoms with van der Waals surface area (Å²) in [4.78, 5) is 14.0. The number of amides is 1. The van der Waals surface area contributed by atoms with Crippen molar-refractivity contribution in [1.29, 1.82) is 0 Å². The summed E-state index contributed by atoms with van der Waals surface area (Å²) < 4.78 is 11.2. The van der Waals surface area contributed by atoms with Crippen LogP contribution in [0.25, 0.3) is 5.57 Å². The second-order valence-corrected chi connectivity index (χ2v) is 7.44. The van der Waals surface area contributed by atoms with E-state index in [-0.39, 0.29) is 6.09 Å². The molecule has 1 aliphatic rings. The molecule has 6 nitrogen and oxygen atoms in total. The molecule has 1 aliphatic heterocycles. The zero-order chi connectivity index (χ0) is 18.7. The molecule has 0 unspecified atom stereocenters. The number of ether oxygens (including phenoxy) is 1. The van der Waals surface area contributed by atoms with Crippen LogP contribution in [-0.4, -0.2) is 39.9 Å². The van der Waals surface area contributed by atoms with Gasteiger partial charge in [0.1, 0.15) is 5.60 Å². The Kier molecular flexibility index (Phi) is 5.11. The minimum Gasteiger partial charge on any atom is -0.444 e. The lowest BCUT2D eigenvalue weighted by molar-refractivity contribution is 0.0236. The fourth-order valence-electron chi connectivity index (χ4n) is 3.02. The molecule has 0 radical (unpaired) electrons. The average molecular weight is 355 g/mol. The van der Waals surface area contributed by atoms with Crippen molar-refractivity contribution in [1.82, 2.24) is 15.1 Å². The molecule has 2 aromatic rings. The normalized spacial score (nSPS) is 15.1. The van der Waals surface area contributed by atoms with Crippen LogP contribution in [0.5, 0.6) is 0 Å². The number of carbonyl (C=O) groups excluding carboxylic acids is 1. The van der Waals surface area contributed by atoms with Gasteiger partial charge in [0.05, 0.1) is 0 Å². The van der Waals surface area contributed by atoms with Crippen LogP contribution in [0.15, 0.2) is 40.3 Å². The van der Waals surface area contributed by atoms with Gasteiger partial charge in [-0.05, 0) is 39.2 Å². The fraction of sp³-hybridized carbons (Fsp3) is 0.450. The third-order valence-electron chi connectivity index (χ3n) is 4.17. The monoisotopic (exact) mass is 355 g/mol. The van der Waals surface area contributed by atoms with E-state index in [4.69, 9.17) is 9.15 Å². The van der Waals surface area contributed by atoms with Gasteiger partial charge in [0.15, 0.2) is 0 Å². The summed E-state index contributed by atoms with van der Waals surface area (Å²) in [5.74, 6) is 1.08. The molecule has 1 amide bonds. The molecular formula is C20H25N3O3. The first-order chi connectivity index (χ1) is 12.3. The first-order valence-electron chi connectivity index (χ1n) is 8.89. The van der Waals surface area contributed by atoms with Gasteiger partial charge in [0, 0.05) is 25.6 Å². The highest BCUT2D eigenvalue weighted by Crippen LogP contribution is 2.32. The van der Waals surface area contributed by atoms with Crippen LogP contribution < -0.4 is 0 Å². The maximum absolute atomic E-state index is 12.3. The molecule has 6 heteroatoms. The van der Waals surface area contributed by atoms with Crippen LogP contribution in [0.2, 0.25) is 0 Å². The molecule has 0 aliphatic carbocycles. The Morgan fingerprint density at radius 2 is 1.77 bits per heavy atom. The van der Waals surface area contributed by atoms with Crippen LogP contribution in [0.3, 0.4) is 0 Å². The molecule has 2 heterocycles. The Morgan fingerprint density at radius 1 is 1.12 bits per heavy atom. The van der Waals surface area contributed by atoms with Crippen molar-refractivity contribution in [3.8, 4) is 0 Å². The Bertz CT molecular complexity index is 793. The van der Waals surface area contributed by atoms with Crippen LogP contribution >= 0.6 is 0 Å². The van der Waals surface area contributed by atoms with Crippen molar-refractivity contribution >= 4 is 11.7 Å². The lowest BCUT2D eigenvalue weighted by Crippen LogP contribution is -2.40. The second-order valence-electron chi connectivity index (χ2n) is 7.44. The maximum atomic E-state index is 12.3. The van der Waals surface area contributed by atoms with Crippen LogP contribution in [0.1, 0.15) is 51.0 Å². The van der Waals surface area contributed by atoms with Crippen LogP contribution in [-0.2, 0) is 4.74 Å². The first-order valence-corrected chi connectivity index (χ1v) is 8.89. The highest BCUT2D eigenvalue weighted by Gasteiger charge is 2.27. The fourth-order valence-corrected chi connectivity index (χ4v) is 3.02. The topological polar surface area (TPSA) is 68.5 Å². The molecule has 1 fully saturated rings. The van der Waals surface area contributed by atoms with Gasteiger partial charge in [-0.2, -0.15) is 0 Å². The van der Waals surface area contributed by atoms with E-state index in [0.29, 0.717) is 24.9 Å². The van der Waals surface area contributed by atoms with Crippen molar-refractivity contribution in [2.45, 2.75) is 46.1 Å². The summed E-state index contributed by atoms with van der Waals surface area (Å²) in [5, 5.41) is 8.20. The number of piperidine rings is 1. The summed E-state index contributed by atoms with van der Waals surface area (Å²) in [5.41, 5.74) is 2.77. The Labute approximate surface area is 153 Å². The van der Waals surface area contributed by atoms with Gasteiger partial charge >= 0.3 is 6.09 Å². The number of benzene rings is 1. The van der Waals surface area contributed by atoms with E-state index in [0.717, 1.165) is 24.0 Å². The van der Waals surface area contributed by atoms with Gasteiger partial charge in [-0.25, -0.2) is 4.79 Å². The first kappa shape index (κ1) is 18.2. The molecule has 138 valence electrons. The zero-order valence-electron chi connectivity index (χ0n) is 15.8. The number of nitrogens with zero attached hydrogens (tertiary/aromatic N) is 3. The van der Waals surface area contributed by atoms with Gasteiger partial charge in [-0.1, -0.05) is 35.9 Å². The van der Waals surface area contributed by atoms with Crippen molar-refractivity contribution in [2.75, 3.05) is 13.1 Å². The van der Waals surface area contributed by atoms with E-state index >= 15 is 0 Å². The van der Waals surface area contributed by atoms with Crippen molar-refractivity contribution in [2.24, 2.45) is 0 Å². The highest BCUT2D eigenvalue weighted by atomic mass is 16.6. The predicted molar refractivity (Wildman–Crippen MR) is 98.5 cm³/mol. The van der Waals surface area contributed by atoms with E-state index in [2.05, 4.69) is 10.2 Å². The third kappa shape index (κ3) is 4.31. The lowest BCUT2D eigenvalue weighted by atomic mass is 9.93. The lowest BCUT2D eigenvalue weighted by Gasteiger charge is -2.31. The number of aromatic nitrogens is 2. The molecule has 1 aromatic heterocycles. The number of likely N-dealkylation sites (tertiary alicyclic amines) is 1. The standard InChI is InChI=1S/C20H25N3O3/c1-14-21-22-18(25-14)17(15-8-6-5-7-9-15)16-10-12-23(13-11-16)19(24)26-20(2,3)4/h5-9H,10-13H2,1-4H3. The van der Waals surface area contributed by atoms with Gasteiger partial charge in [-0.15, -0.1) is 10.2 Å². The number of carbonyl (C=O) groups is 1. The SMILES string of the molecule is Cc1nnc(C(=C2CCN(C(=O)OC(C)(C)C)CC2)c2ccccc2)o1. The van der Waals surface area contributed by atoms with E-state index in [9.17, 15) is 4.79 Å². The summed E-state index contributed by atoms with van der Waals surface area (Å²) >= 11 is 0. The second kappa shape index (κ2) is 7.32. The number of rotatable bonds is 2. The Morgan fingerprint density at radius 3 is 2.31 bits per heavy atom. The molecule has 26 heavy (non-hydrogen) atoms. The molecule has 0 bridgehead atoms. The van der Waals surface area contributed by atoms with E-state index in [1.807, 2.05) is 51.1 Å². The number of hydrogen-bond donors (Lipinski definition) is 0. The number of hydrogen-bond acceptors (Lipinski definition) is 5. The highest BCUT2D eigenvalue weighted by molar-refractivity contribution is 5.78. The maximum Gasteiger partial charge on any atom is 0.410 e. The smallest absolute Gasteiger partial charge is 0.410 e. The Balaban J connectivity index is 1.84. The number of aryl methyl sites for hydroxylation is 1. The molecular weight excluding hydrogens is 330 g/mol. The van der Waals surface area contributed by atoms with E-state index in [1.54, 1.807) is 11.8 Å². The molecule has 1 aromatic carbocycles. The van der Waals surface area contributed by atoms with E-state index in [1.165, 1.54) is 5.57 Å². The average Bonchev–Trinajstić information content (AvgIpc) is 3.01. The zero-order valence-corrected chi connectivity index (χ0v) is 15.8. The molecule has 0 spiro atoms. The van der Waals surface area contributed by atoms with Crippen LogP contribution in [0, 0.1) is 6.92 Å². The van der Waals surface area contributed by atoms with Crippen molar-refractivity contribution in [3.63, 3.8) is 0 Å². The molecule has 1 saturated heterocycles. The van der Waals surface area contributed by atoms with Gasteiger partial charge < -0.3 is 14.1 Å². The summed E-state index contributed by atoms with van der Waals surface area (Å²) in [7, 11) is 0. The van der Waals surface area contributed by atoms with Gasteiger partial charge in [0.2, 0.25) is 11.8 Å². The van der Waals surface area contributed by atoms with E-state index < -0.39 is 5.60 Å². The Hall–Kier alpha value is -2.63. The van der Waals surface area contributed by atoms with Crippen molar-refractivity contribution in [3.05, 3.63) is 53.2 Å². The van der Waals surface area contributed by atoms with Gasteiger partial charge in [0.25, 0.3) is 0 Å². The van der Waals surface area contributed by atoms with Crippen molar-refractivity contribution < 1.29 is 13.9 Å². The minimum absolute atomic E-state index is 0.258. The summed E-state index contributed by atoms with van der Waals surface area (Å²) in [6, 6.07) is 10.1. The molecule has 3 rings (SSSR count). The predicted octanol–water partition coefficient (Wildman–Crippen LogP) is 4.21. The summed E-state index contributed by atoms with van der Waals surface area (Å²) in [6.07, 6.45) is 1.25. The molecule has 0 atom stereocenters. The largest absolute Gasteiger partial charge is 0.444 e. The summed E-state index contributed by atoms with van der Waals surface area (Å²) in [6.45, 7) is 8.67.